The van der Waals surface area contributed by atoms with Crippen LogP contribution < -0.4 is 5.32 Å². The van der Waals surface area contributed by atoms with Crippen LogP contribution in [0.2, 0.25) is 0 Å². The zero-order valence-electron chi connectivity index (χ0n) is 10.8. The Morgan fingerprint density at radius 2 is 1.74 bits per heavy atom. The molecule has 0 saturated carbocycles. The Hall–Kier alpha value is -0.660. The van der Waals surface area contributed by atoms with Crippen molar-refractivity contribution in [3.63, 3.8) is 0 Å². The largest absolute Gasteiger partial charge is 0.336 e. The quantitative estimate of drug-likeness (QED) is 0.789. The minimum absolute atomic E-state index is 0.169. The first kappa shape index (κ1) is 13.3. The second-order valence-electron chi connectivity index (χ2n) is 5.15. The van der Waals surface area contributed by atoms with E-state index in [1.807, 2.05) is 29.2 Å². The van der Waals surface area contributed by atoms with E-state index >= 15 is 0 Å². The monoisotopic (exact) mass is 371 g/mol. The molecule has 2 heterocycles. The molecule has 0 atom stereocenters. The molecule has 2 fully saturated rings. The molecule has 0 unspecified atom stereocenters. The van der Waals surface area contributed by atoms with Gasteiger partial charge >= 0.3 is 0 Å². The van der Waals surface area contributed by atoms with Gasteiger partial charge in [-0.15, -0.1) is 0 Å². The average Bonchev–Trinajstić information content (AvgIpc) is 2.38. The van der Waals surface area contributed by atoms with Gasteiger partial charge in [-0.05, 0) is 46.9 Å². The van der Waals surface area contributed by atoms with E-state index in [9.17, 15) is 4.79 Å². The Balaban J connectivity index is 1.58. The van der Waals surface area contributed by atoms with E-state index in [0.717, 1.165) is 48.4 Å². The van der Waals surface area contributed by atoms with E-state index in [1.54, 1.807) is 0 Å². The lowest BCUT2D eigenvalue weighted by molar-refractivity contribution is 0.0502. The summed E-state index contributed by atoms with van der Waals surface area (Å²) < 4.78 is 1.16. The molecule has 2 saturated heterocycles. The molecule has 0 spiro atoms. The van der Waals surface area contributed by atoms with Crippen LogP contribution in [0.3, 0.4) is 0 Å². The van der Waals surface area contributed by atoms with Crippen molar-refractivity contribution in [2.75, 3.05) is 39.3 Å². The van der Waals surface area contributed by atoms with Gasteiger partial charge in [0.05, 0.1) is 0 Å². The highest BCUT2D eigenvalue weighted by molar-refractivity contribution is 14.1. The highest BCUT2D eigenvalue weighted by atomic mass is 127. The number of carbonyl (C=O) groups is 1. The van der Waals surface area contributed by atoms with Crippen LogP contribution in [0.1, 0.15) is 10.4 Å². The molecule has 4 nitrogen and oxygen atoms in total. The maximum atomic E-state index is 12.4. The zero-order chi connectivity index (χ0) is 13.2. The highest BCUT2D eigenvalue weighted by Crippen LogP contribution is 2.13. The van der Waals surface area contributed by atoms with Gasteiger partial charge in [-0.25, -0.2) is 0 Å². The van der Waals surface area contributed by atoms with Crippen LogP contribution in [0.4, 0.5) is 0 Å². The van der Waals surface area contributed by atoms with Gasteiger partial charge in [0.2, 0.25) is 0 Å². The summed E-state index contributed by atoms with van der Waals surface area (Å²) in [6.07, 6.45) is 0. The summed E-state index contributed by atoms with van der Waals surface area (Å²) in [5.41, 5.74) is 0.805. The number of halogens is 1. The van der Waals surface area contributed by atoms with E-state index < -0.39 is 0 Å². The number of rotatable bonds is 2. The molecule has 0 aromatic heterocycles. The Labute approximate surface area is 127 Å². The molecule has 0 aliphatic carbocycles. The maximum absolute atomic E-state index is 12.4. The second kappa shape index (κ2) is 5.76. The average molecular weight is 371 g/mol. The smallest absolute Gasteiger partial charge is 0.253 e. The molecule has 102 valence electrons. The van der Waals surface area contributed by atoms with Gasteiger partial charge in [-0.1, -0.05) is 0 Å². The molecule has 1 aromatic carbocycles. The normalized spacial score (nSPS) is 21.2. The topological polar surface area (TPSA) is 35.6 Å². The number of nitrogens with zero attached hydrogens (tertiary/aromatic N) is 2. The van der Waals surface area contributed by atoms with Gasteiger partial charge in [0.1, 0.15) is 0 Å². The first-order chi connectivity index (χ1) is 9.24. The summed E-state index contributed by atoms with van der Waals surface area (Å²) in [4.78, 5) is 16.8. The number of piperazine rings is 1. The van der Waals surface area contributed by atoms with Crippen molar-refractivity contribution < 1.29 is 4.79 Å². The molecule has 1 aromatic rings. The number of nitrogens with one attached hydrogen (secondary N) is 1. The molecule has 5 heteroatoms. The van der Waals surface area contributed by atoms with E-state index in [0.29, 0.717) is 6.04 Å². The summed E-state index contributed by atoms with van der Waals surface area (Å²) in [6, 6.07) is 8.52. The minimum Gasteiger partial charge on any atom is -0.336 e. The Morgan fingerprint density at radius 1 is 1.11 bits per heavy atom. The Kier molecular flexibility index (Phi) is 4.04. The Bertz CT molecular complexity index is 450. The first-order valence-corrected chi connectivity index (χ1v) is 7.81. The molecule has 19 heavy (non-hydrogen) atoms. The molecule has 0 radical (unpaired) electrons. The van der Waals surface area contributed by atoms with Gasteiger partial charge in [0.25, 0.3) is 5.91 Å². The van der Waals surface area contributed by atoms with E-state index in [4.69, 9.17) is 0 Å². The van der Waals surface area contributed by atoms with Crippen molar-refractivity contribution >= 4 is 28.5 Å². The van der Waals surface area contributed by atoms with Crippen LogP contribution >= 0.6 is 22.6 Å². The third-order valence-corrected chi connectivity index (χ3v) is 4.69. The van der Waals surface area contributed by atoms with Gasteiger partial charge in [0, 0.05) is 54.4 Å². The number of amides is 1. The van der Waals surface area contributed by atoms with Crippen LogP contribution in [0.25, 0.3) is 0 Å². The fraction of sp³-hybridized carbons (Fsp3) is 0.500. The van der Waals surface area contributed by atoms with Crippen LogP contribution in [0, 0.1) is 3.57 Å². The van der Waals surface area contributed by atoms with E-state index in [1.165, 1.54) is 0 Å². The minimum atomic E-state index is 0.169. The summed E-state index contributed by atoms with van der Waals surface area (Å²) in [6.45, 7) is 5.91. The van der Waals surface area contributed by atoms with Crippen molar-refractivity contribution in [3.05, 3.63) is 33.4 Å². The lowest BCUT2D eigenvalue weighted by Crippen LogP contribution is -2.62. The summed E-state index contributed by atoms with van der Waals surface area (Å²) >= 11 is 2.26. The zero-order valence-corrected chi connectivity index (χ0v) is 13.0. The van der Waals surface area contributed by atoms with Gasteiger partial charge < -0.3 is 10.2 Å². The number of hydrogen-bond donors (Lipinski definition) is 1. The highest BCUT2D eigenvalue weighted by Gasteiger charge is 2.29. The molecule has 1 N–H and O–H groups in total. The van der Waals surface area contributed by atoms with Crippen molar-refractivity contribution in [2.45, 2.75) is 6.04 Å². The summed E-state index contributed by atoms with van der Waals surface area (Å²) in [5, 5.41) is 3.30. The third kappa shape index (κ3) is 2.93. The van der Waals surface area contributed by atoms with Crippen molar-refractivity contribution in [3.8, 4) is 0 Å². The fourth-order valence-electron chi connectivity index (χ4n) is 2.60. The van der Waals surface area contributed by atoms with Crippen LogP contribution in [0.15, 0.2) is 24.3 Å². The molecular formula is C14H18IN3O. The van der Waals surface area contributed by atoms with Gasteiger partial charge in [-0.3, -0.25) is 9.69 Å². The lowest BCUT2D eigenvalue weighted by atomic mass is 10.1. The van der Waals surface area contributed by atoms with Crippen molar-refractivity contribution in [1.29, 1.82) is 0 Å². The summed E-state index contributed by atoms with van der Waals surface area (Å²) in [7, 11) is 0. The SMILES string of the molecule is O=C(c1ccc(I)cc1)N1CCN(C2CNC2)CC1. The molecule has 2 aliphatic rings. The fourth-order valence-corrected chi connectivity index (χ4v) is 2.96. The van der Waals surface area contributed by atoms with Crippen LogP contribution in [0.5, 0.6) is 0 Å². The number of benzene rings is 1. The van der Waals surface area contributed by atoms with Crippen molar-refractivity contribution in [1.82, 2.24) is 15.1 Å². The lowest BCUT2D eigenvalue weighted by Gasteiger charge is -2.43. The molecular weight excluding hydrogens is 353 g/mol. The first-order valence-electron chi connectivity index (χ1n) is 6.73. The number of carbonyl (C=O) groups excluding carboxylic acids is 1. The molecule has 1 amide bonds. The Morgan fingerprint density at radius 3 is 2.26 bits per heavy atom. The van der Waals surface area contributed by atoms with Gasteiger partial charge in [-0.2, -0.15) is 0 Å². The third-order valence-electron chi connectivity index (χ3n) is 3.97. The molecule has 0 bridgehead atoms. The standard InChI is InChI=1S/C14H18IN3O/c15-12-3-1-11(2-4-12)14(19)18-7-5-17(6-8-18)13-9-16-10-13/h1-4,13,16H,5-10H2. The van der Waals surface area contributed by atoms with E-state index in [-0.39, 0.29) is 5.91 Å². The van der Waals surface area contributed by atoms with E-state index in [2.05, 4.69) is 32.8 Å². The molecule has 3 rings (SSSR count). The van der Waals surface area contributed by atoms with Crippen LogP contribution in [-0.4, -0.2) is 61.0 Å². The second-order valence-corrected chi connectivity index (χ2v) is 6.39. The summed E-state index contributed by atoms with van der Waals surface area (Å²) in [5.74, 6) is 0.169. The van der Waals surface area contributed by atoms with Gasteiger partial charge in [0.15, 0.2) is 0 Å². The predicted molar refractivity (Wildman–Crippen MR) is 83.3 cm³/mol. The maximum Gasteiger partial charge on any atom is 0.253 e. The van der Waals surface area contributed by atoms with Crippen LogP contribution in [-0.2, 0) is 0 Å². The predicted octanol–water partition coefficient (Wildman–Crippen LogP) is 1.02. The van der Waals surface area contributed by atoms with Crippen molar-refractivity contribution in [2.24, 2.45) is 0 Å². The molecule has 2 aliphatic heterocycles. The number of hydrogen-bond acceptors (Lipinski definition) is 3.